The van der Waals surface area contributed by atoms with Crippen molar-refractivity contribution in [3.63, 3.8) is 0 Å². The first-order valence-electron chi connectivity index (χ1n) is 7.01. The van der Waals surface area contributed by atoms with E-state index in [9.17, 15) is 9.59 Å². The number of thiophene rings is 1. The number of carbonyl (C=O) groups excluding carboxylic acids is 2. The van der Waals surface area contributed by atoms with E-state index in [1.54, 1.807) is 0 Å². The van der Waals surface area contributed by atoms with E-state index in [2.05, 4.69) is 16.7 Å². The van der Waals surface area contributed by atoms with Gasteiger partial charge in [-0.25, -0.2) is 0 Å². The highest BCUT2D eigenvalue weighted by Gasteiger charge is 2.38. The van der Waals surface area contributed by atoms with Gasteiger partial charge in [0, 0.05) is 23.8 Å². The molecule has 1 aliphatic carbocycles. The summed E-state index contributed by atoms with van der Waals surface area (Å²) in [5.41, 5.74) is 1.44. The van der Waals surface area contributed by atoms with Crippen LogP contribution in [0, 0.1) is 37.0 Å². The second-order valence-corrected chi connectivity index (χ2v) is 6.73. The van der Waals surface area contributed by atoms with Crippen LogP contribution in [0.4, 0.5) is 5.00 Å². The Hall–Kier alpha value is -1.87. The van der Waals surface area contributed by atoms with Gasteiger partial charge in [-0.1, -0.05) is 6.92 Å². The molecule has 6 heteroatoms. The molecule has 5 nitrogen and oxygen atoms in total. The smallest absolute Gasteiger partial charge is 0.226 e. The van der Waals surface area contributed by atoms with Crippen LogP contribution < -0.4 is 10.6 Å². The van der Waals surface area contributed by atoms with Gasteiger partial charge in [0.1, 0.15) is 11.1 Å². The van der Waals surface area contributed by atoms with Gasteiger partial charge in [-0.05, 0) is 31.7 Å². The molecule has 2 atom stereocenters. The molecule has 1 aromatic heterocycles. The van der Waals surface area contributed by atoms with Gasteiger partial charge in [0.2, 0.25) is 11.8 Å². The number of anilines is 1. The average molecular weight is 305 g/mol. The molecule has 0 radical (unpaired) electrons. The van der Waals surface area contributed by atoms with Crippen LogP contribution in [-0.2, 0) is 9.59 Å². The van der Waals surface area contributed by atoms with E-state index in [1.165, 1.54) is 11.3 Å². The molecule has 0 bridgehead atoms. The third-order valence-electron chi connectivity index (χ3n) is 3.85. The van der Waals surface area contributed by atoms with Crippen molar-refractivity contribution in [2.45, 2.75) is 33.6 Å². The summed E-state index contributed by atoms with van der Waals surface area (Å²) in [5, 5.41) is 15.2. The quantitative estimate of drug-likeness (QED) is 0.876. The zero-order chi connectivity index (χ0) is 15.6. The van der Waals surface area contributed by atoms with Gasteiger partial charge in [0.05, 0.1) is 5.56 Å². The maximum Gasteiger partial charge on any atom is 0.226 e. The van der Waals surface area contributed by atoms with Crippen molar-refractivity contribution >= 4 is 28.2 Å². The molecule has 2 N–H and O–H groups in total. The van der Waals surface area contributed by atoms with Crippen molar-refractivity contribution in [1.82, 2.24) is 5.32 Å². The molecular formula is C15H19N3O2S. The van der Waals surface area contributed by atoms with Gasteiger partial charge in [-0.2, -0.15) is 5.26 Å². The SMILES string of the molecule is Cc1sc(NC(=O)CCNC(=O)[C@H]2C[C@H]2C)c(C#N)c1C. The molecule has 0 spiro atoms. The number of nitrogens with zero attached hydrogens (tertiary/aromatic N) is 1. The Morgan fingerprint density at radius 2 is 2.10 bits per heavy atom. The predicted octanol–water partition coefficient (Wildman–Crippen LogP) is 2.34. The Balaban J connectivity index is 1.81. The number of rotatable bonds is 5. The van der Waals surface area contributed by atoms with Crippen LogP contribution in [0.25, 0.3) is 0 Å². The lowest BCUT2D eigenvalue weighted by Crippen LogP contribution is -2.29. The average Bonchev–Trinajstić information content (AvgIpc) is 3.09. The number of amides is 2. The van der Waals surface area contributed by atoms with Crippen LogP contribution in [-0.4, -0.2) is 18.4 Å². The van der Waals surface area contributed by atoms with E-state index >= 15 is 0 Å². The summed E-state index contributed by atoms with van der Waals surface area (Å²) in [4.78, 5) is 24.5. The van der Waals surface area contributed by atoms with Crippen molar-refractivity contribution in [2.24, 2.45) is 11.8 Å². The minimum absolute atomic E-state index is 0.0378. The first-order chi connectivity index (χ1) is 9.93. The maximum absolute atomic E-state index is 11.9. The first kappa shape index (κ1) is 15.5. The van der Waals surface area contributed by atoms with Crippen molar-refractivity contribution in [1.29, 1.82) is 5.26 Å². The fourth-order valence-corrected chi connectivity index (χ4v) is 3.18. The lowest BCUT2D eigenvalue weighted by molar-refractivity contribution is -0.122. The van der Waals surface area contributed by atoms with E-state index in [0.29, 0.717) is 23.0 Å². The van der Waals surface area contributed by atoms with Gasteiger partial charge < -0.3 is 10.6 Å². The number of carbonyl (C=O) groups is 2. The molecule has 0 saturated heterocycles. The van der Waals surface area contributed by atoms with Gasteiger partial charge >= 0.3 is 0 Å². The maximum atomic E-state index is 11.9. The molecule has 0 aliphatic heterocycles. The van der Waals surface area contributed by atoms with E-state index in [0.717, 1.165) is 16.9 Å². The third kappa shape index (κ3) is 3.61. The molecule has 2 amide bonds. The minimum Gasteiger partial charge on any atom is -0.355 e. The van der Waals surface area contributed by atoms with Gasteiger partial charge in [-0.15, -0.1) is 11.3 Å². The Morgan fingerprint density at radius 1 is 1.43 bits per heavy atom. The summed E-state index contributed by atoms with van der Waals surface area (Å²) in [6.07, 6.45) is 1.16. The van der Waals surface area contributed by atoms with Crippen LogP contribution in [0.3, 0.4) is 0 Å². The Bertz CT molecular complexity index is 615. The molecular weight excluding hydrogens is 286 g/mol. The standard InChI is InChI=1S/C15H19N3O2S/c1-8-6-11(8)14(20)17-5-4-13(19)18-15-12(7-16)9(2)10(3)21-15/h8,11H,4-6H2,1-3H3,(H,17,20)(H,18,19)/t8-,11+/m1/s1. The van der Waals surface area contributed by atoms with Crippen molar-refractivity contribution in [2.75, 3.05) is 11.9 Å². The lowest BCUT2D eigenvalue weighted by atomic mass is 10.2. The van der Waals surface area contributed by atoms with Crippen molar-refractivity contribution in [3.8, 4) is 6.07 Å². The molecule has 1 aromatic rings. The predicted molar refractivity (Wildman–Crippen MR) is 82.0 cm³/mol. The molecule has 0 unspecified atom stereocenters. The van der Waals surface area contributed by atoms with Crippen LogP contribution in [0.15, 0.2) is 0 Å². The molecule has 21 heavy (non-hydrogen) atoms. The van der Waals surface area contributed by atoms with Gasteiger partial charge in [0.25, 0.3) is 0 Å². The highest BCUT2D eigenvalue weighted by molar-refractivity contribution is 7.16. The largest absolute Gasteiger partial charge is 0.355 e. The minimum atomic E-state index is -0.183. The third-order valence-corrected chi connectivity index (χ3v) is 4.97. The summed E-state index contributed by atoms with van der Waals surface area (Å²) >= 11 is 1.41. The topological polar surface area (TPSA) is 82.0 Å². The Morgan fingerprint density at radius 3 is 2.67 bits per heavy atom. The van der Waals surface area contributed by atoms with Crippen molar-refractivity contribution < 1.29 is 9.59 Å². The molecule has 1 fully saturated rings. The highest BCUT2D eigenvalue weighted by Crippen LogP contribution is 2.37. The summed E-state index contributed by atoms with van der Waals surface area (Å²) < 4.78 is 0. The molecule has 112 valence electrons. The normalized spacial score (nSPS) is 19.7. The number of hydrogen-bond acceptors (Lipinski definition) is 4. The first-order valence-corrected chi connectivity index (χ1v) is 7.83. The van der Waals surface area contributed by atoms with Gasteiger partial charge in [0.15, 0.2) is 0 Å². The molecule has 0 aromatic carbocycles. The Kier molecular flexibility index (Phi) is 4.63. The van der Waals surface area contributed by atoms with Gasteiger partial charge in [-0.3, -0.25) is 9.59 Å². The van der Waals surface area contributed by atoms with Crippen LogP contribution in [0.2, 0.25) is 0 Å². The van der Waals surface area contributed by atoms with Crippen molar-refractivity contribution in [3.05, 3.63) is 16.0 Å². The van der Waals surface area contributed by atoms with Crippen LogP contribution in [0.1, 0.15) is 35.8 Å². The molecule has 2 rings (SSSR count). The van der Waals surface area contributed by atoms with E-state index < -0.39 is 0 Å². The number of nitrogens with one attached hydrogen (secondary N) is 2. The fraction of sp³-hybridized carbons (Fsp3) is 0.533. The second-order valence-electron chi connectivity index (χ2n) is 5.51. The number of hydrogen-bond donors (Lipinski definition) is 2. The summed E-state index contributed by atoms with van der Waals surface area (Å²) in [7, 11) is 0. The highest BCUT2D eigenvalue weighted by atomic mass is 32.1. The number of nitriles is 1. The van der Waals surface area contributed by atoms with E-state index in [4.69, 9.17) is 5.26 Å². The summed E-state index contributed by atoms with van der Waals surface area (Å²) in [6.45, 7) is 6.17. The summed E-state index contributed by atoms with van der Waals surface area (Å²) in [6, 6.07) is 2.12. The zero-order valence-corrected chi connectivity index (χ0v) is 13.3. The Labute approximate surface area is 128 Å². The monoisotopic (exact) mass is 305 g/mol. The fourth-order valence-electron chi connectivity index (χ4n) is 2.16. The number of aryl methyl sites for hydroxylation is 1. The van der Waals surface area contributed by atoms with Crippen LogP contribution >= 0.6 is 11.3 Å². The zero-order valence-electron chi connectivity index (χ0n) is 12.4. The second kappa shape index (κ2) is 6.27. The molecule has 1 heterocycles. The molecule has 1 saturated carbocycles. The van der Waals surface area contributed by atoms with E-state index in [-0.39, 0.29) is 24.2 Å². The lowest BCUT2D eigenvalue weighted by Gasteiger charge is -2.05. The summed E-state index contributed by atoms with van der Waals surface area (Å²) in [5.74, 6) is 0.447. The van der Waals surface area contributed by atoms with Crippen LogP contribution in [0.5, 0.6) is 0 Å². The molecule has 1 aliphatic rings. The van der Waals surface area contributed by atoms with E-state index in [1.807, 2.05) is 20.8 Å².